The zero-order valence-electron chi connectivity index (χ0n) is 18.7. The number of aryl methyl sites for hydroxylation is 2. The van der Waals surface area contributed by atoms with Crippen molar-refractivity contribution in [2.24, 2.45) is 0 Å². The molecule has 1 spiro atoms. The van der Waals surface area contributed by atoms with Crippen LogP contribution in [-0.4, -0.2) is 59.6 Å². The molecule has 0 atom stereocenters. The Bertz CT molecular complexity index is 1160. The van der Waals surface area contributed by atoms with Crippen molar-refractivity contribution in [3.63, 3.8) is 0 Å². The van der Waals surface area contributed by atoms with Crippen molar-refractivity contribution in [3.05, 3.63) is 52.5 Å². The molecule has 0 saturated carbocycles. The summed E-state index contributed by atoms with van der Waals surface area (Å²) in [6.07, 6.45) is 4.26. The highest BCUT2D eigenvalue weighted by molar-refractivity contribution is 6.06. The van der Waals surface area contributed by atoms with Gasteiger partial charge in [0, 0.05) is 44.5 Å². The van der Waals surface area contributed by atoms with Crippen LogP contribution in [0.3, 0.4) is 0 Å². The number of fused-ring (bicyclic) bond motifs is 3. The second kappa shape index (κ2) is 7.34. The lowest BCUT2D eigenvalue weighted by Crippen LogP contribution is -2.49. The Kier molecular flexibility index (Phi) is 4.73. The lowest BCUT2D eigenvalue weighted by atomic mass is 9.83. The van der Waals surface area contributed by atoms with Crippen molar-refractivity contribution in [2.75, 3.05) is 38.7 Å². The van der Waals surface area contributed by atoms with Crippen LogP contribution in [-0.2, 0) is 16.8 Å². The summed E-state index contributed by atoms with van der Waals surface area (Å²) in [5.74, 6) is 0.778. The number of carbonyl (C=O) groups excluding carboxylic acids is 1. The van der Waals surface area contributed by atoms with Crippen molar-refractivity contribution >= 4 is 22.8 Å². The highest BCUT2D eigenvalue weighted by Crippen LogP contribution is 2.41. The third-order valence-electron chi connectivity index (χ3n) is 6.87. The van der Waals surface area contributed by atoms with E-state index in [2.05, 4.69) is 29.9 Å². The minimum absolute atomic E-state index is 0.0781. The molecule has 31 heavy (non-hydrogen) atoms. The van der Waals surface area contributed by atoms with Crippen molar-refractivity contribution in [1.29, 1.82) is 0 Å². The maximum atomic E-state index is 13.4. The molecule has 1 amide bonds. The predicted molar refractivity (Wildman–Crippen MR) is 121 cm³/mol. The molecule has 1 saturated heterocycles. The van der Waals surface area contributed by atoms with Gasteiger partial charge in [-0.25, -0.2) is 9.97 Å². The first-order chi connectivity index (χ1) is 14.9. The quantitative estimate of drug-likeness (QED) is 0.690. The van der Waals surface area contributed by atoms with E-state index in [-0.39, 0.29) is 5.91 Å². The maximum Gasteiger partial charge on any atom is 0.255 e. The molecule has 162 valence electrons. The molecule has 1 fully saturated rings. The van der Waals surface area contributed by atoms with Gasteiger partial charge < -0.3 is 19.5 Å². The fourth-order valence-electron chi connectivity index (χ4n) is 4.90. The second-order valence-electron chi connectivity index (χ2n) is 8.93. The van der Waals surface area contributed by atoms with E-state index >= 15 is 0 Å². The number of aromatic amines is 1. The van der Waals surface area contributed by atoms with Gasteiger partial charge in [-0.2, -0.15) is 0 Å². The van der Waals surface area contributed by atoms with E-state index in [1.165, 1.54) is 11.1 Å². The van der Waals surface area contributed by atoms with Crippen LogP contribution in [0.4, 0.5) is 5.95 Å². The molecule has 0 bridgehead atoms. The number of nitrogens with zero attached hydrogens (tertiary/aromatic N) is 4. The normalized spacial score (nSPS) is 17.7. The molecular formula is C24H29N5O2. The summed E-state index contributed by atoms with van der Waals surface area (Å²) >= 11 is 0. The molecule has 2 aliphatic rings. The van der Waals surface area contributed by atoms with Gasteiger partial charge in [-0.05, 0) is 50.3 Å². The minimum Gasteiger partial charge on any atom is -0.368 e. The first-order valence-corrected chi connectivity index (χ1v) is 10.9. The summed E-state index contributed by atoms with van der Waals surface area (Å²) in [5.41, 5.74) is 5.73. The van der Waals surface area contributed by atoms with Crippen LogP contribution in [0, 0.1) is 13.8 Å². The molecule has 3 aromatic rings. The molecule has 1 aromatic carbocycles. The van der Waals surface area contributed by atoms with Gasteiger partial charge in [0.1, 0.15) is 5.60 Å². The fraction of sp³-hybridized carbons (Fsp3) is 0.458. The first kappa shape index (κ1) is 20.0. The average molecular weight is 420 g/mol. The lowest BCUT2D eigenvalue weighted by molar-refractivity contribution is -0.0966. The number of anilines is 1. The average Bonchev–Trinajstić information content (AvgIpc) is 3.07. The van der Waals surface area contributed by atoms with Crippen LogP contribution in [0.15, 0.2) is 24.4 Å². The highest BCUT2D eigenvalue weighted by atomic mass is 16.5. The van der Waals surface area contributed by atoms with Gasteiger partial charge in [-0.3, -0.25) is 4.79 Å². The Morgan fingerprint density at radius 3 is 2.74 bits per heavy atom. The molecule has 1 N–H and O–H groups in total. The predicted octanol–water partition coefficient (Wildman–Crippen LogP) is 3.34. The number of amides is 1. The number of aromatic nitrogens is 3. The van der Waals surface area contributed by atoms with Crippen LogP contribution in [0.2, 0.25) is 0 Å². The summed E-state index contributed by atoms with van der Waals surface area (Å²) in [6, 6.07) is 5.97. The SMILES string of the molecule is Cc1[nH]c2c(C(=O)N3CCC4(CC3)OCCc3cnc(N(C)C)nc34)cccc2c1C. The van der Waals surface area contributed by atoms with E-state index in [0.717, 1.165) is 47.1 Å². The molecule has 5 rings (SSSR count). The molecule has 0 radical (unpaired) electrons. The first-order valence-electron chi connectivity index (χ1n) is 10.9. The smallest absolute Gasteiger partial charge is 0.255 e. The van der Waals surface area contributed by atoms with Crippen molar-refractivity contribution < 1.29 is 9.53 Å². The number of benzene rings is 1. The van der Waals surface area contributed by atoms with Gasteiger partial charge in [-0.15, -0.1) is 0 Å². The minimum atomic E-state index is -0.427. The topological polar surface area (TPSA) is 74.3 Å². The molecule has 0 aliphatic carbocycles. The molecule has 2 aliphatic heterocycles. The van der Waals surface area contributed by atoms with Crippen LogP contribution in [0.25, 0.3) is 10.9 Å². The van der Waals surface area contributed by atoms with Gasteiger partial charge in [0.25, 0.3) is 5.91 Å². The molecule has 2 aromatic heterocycles. The van der Waals surface area contributed by atoms with Gasteiger partial charge >= 0.3 is 0 Å². The standard InChI is InChI=1S/C24H29N5O2/c1-15-16(2)26-20-18(15)6-5-7-19(20)22(30)29-11-9-24(10-12-29)21-17(8-13-31-24)14-25-23(27-21)28(3)4/h5-7,14,26H,8-13H2,1-4H3. The van der Waals surface area contributed by atoms with Crippen LogP contribution in [0.5, 0.6) is 0 Å². The lowest BCUT2D eigenvalue weighted by Gasteiger charge is -2.44. The number of carbonyl (C=O) groups is 1. The van der Waals surface area contributed by atoms with Gasteiger partial charge in [0.2, 0.25) is 5.95 Å². The van der Waals surface area contributed by atoms with Crippen LogP contribution in [0.1, 0.15) is 45.7 Å². The number of hydrogen-bond donors (Lipinski definition) is 1. The largest absolute Gasteiger partial charge is 0.368 e. The van der Waals surface area contributed by atoms with Gasteiger partial charge in [-0.1, -0.05) is 12.1 Å². The van der Waals surface area contributed by atoms with E-state index in [0.29, 0.717) is 25.6 Å². The Morgan fingerprint density at radius 1 is 1.23 bits per heavy atom. The monoisotopic (exact) mass is 419 g/mol. The van der Waals surface area contributed by atoms with E-state index in [9.17, 15) is 4.79 Å². The summed E-state index contributed by atoms with van der Waals surface area (Å²) in [4.78, 5) is 30.0. The maximum absolute atomic E-state index is 13.4. The number of H-pyrrole nitrogens is 1. The van der Waals surface area contributed by atoms with Crippen molar-refractivity contribution in [2.45, 2.75) is 38.7 Å². The zero-order chi connectivity index (χ0) is 21.8. The number of piperidine rings is 1. The zero-order valence-corrected chi connectivity index (χ0v) is 18.7. The molecule has 7 heteroatoms. The van der Waals surface area contributed by atoms with Crippen molar-refractivity contribution in [3.8, 4) is 0 Å². The number of rotatable bonds is 2. The molecule has 7 nitrogen and oxygen atoms in total. The van der Waals surface area contributed by atoms with Crippen LogP contribution >= 0.6 is 0 Å². The third kappa shape index (κ3) is 3.19. The van der Waals surface area contributed by atoms with E-state index in [1.807, 2.05) is 42.2 Å². The summed E-state index contributed by atoms with van der Waals surface area (Å²) in [5, 5.41) is 1.12. The van der Waals surface area contributed by atoms with E-state index < -0.39 is 5.60 Å². The van der Waals surface area contributed by atoms with E-state index in [4.69, 9.17) is 9.72 Å². The van der Waals surface area contributed by atoms with Crippen LogP contribution < -0.4 is 4.90 Å². The van der Waals surface area contributed by atoms with Crippen molar-refractivity contribution in [1.82, 2.24) is 19.9 Å². The number of para-hydroxylation sites is 1. The Balaban J connectivity index is 1.41. The summed E-state index contributed by atoms with van der Waals surface area (Å²) in [7, 11) is 3.90. The number of nitrogens with one attached hydrogen (secondary N) is 1. The van der Waals surface area contributed by atoms with E-state index in [1.54, 1.807) is 0 Å². The highest BCUT2D eigenvalue weighted by Gasteiger charge is 2.43. The fourth-order valence-corrected chi connectivity index (χ4v) is 4.90. The molecular weight excluding hydrogens is 390 g/mol. The number of likely N-dealkylation sites (tertiary alicyclic amines) is 1. The Hall–Kier alpha value is -2.93. The van der Waals surface area contributed by atoms with Gasteiger partial charge in [0.15, 0.2) is 0 Å². The Morgan fingerprint density at radius 2 is 2.00 bits per heavy atom. The van der Waals surface area contributed by atoms with Gasteiger partial charge in [0.05, 0.1) is 23.4 Å². The molecule has 0 unspecified atom stereocenters. The molecule has 4 heterocycles. The number of ether oxygens (including phenoxy) is 1. The second-order valence-corrected chi connectivity index (χ2v) is 8.93. The number of hydrogen-bond acceptors (Lipinski definition) is 5. The summed E-state index contributed by atoms with van der Waals surface area (Å²) < 4.78 is 6.34. The Labute approximate surface area is 182 Å². The summed E-state index contributed by atoms with van der Waals surface area (Å²) in [6.45, 7) is 6.11. The third-order valence-corrected chi connectivity index (χ3v) is 6.87.